The highest BCUT2D eigenvalue weighted by Gasteiger charge is 2.19. The molecule has 1 aromatic carbocycles. The molecule has 0 aliphatic carbocycles. The van der Waals surface area contributed by atoms with Crippen molar-refractivity contribution in [2.45, 2.75) is 26.2 Å². The van der Waals surface area contributed by atoms with E-state index in [4.69, 9.17) is 11.6 Å². The molecule has 0 atom stereocenters. The second kappa shape index (κ2) is 5.31. The molecule has 1 aromatic heterocycles. The average molecular weight is 265 g/mol. The lowest BCUT2D eigenvalue weighted by molar-refractivity contribution is -0.385. The van der Waals surface area contributed by atoms with Crippen molar-refractivity contribution in [2.75, 3.05) is 0 Å². The molecule has 0 fully saturated rings. The van der Waals surface area contributed by atoms with Gasteiger partial charge >= 0.3 is 0 Å². The molecule has 0 saturated heterocycles. The van der Waals surface area contributed by atoms with Crippen molar-refractivity contribution in [2.24, 2.45) is 0 Å². The summed E-state index contributed by atoms with van der Waals surface area (Å²) in [4.78, 5) is 15.0. The quantitative estimate of drug-likeness (QED) is 0.616. The number of rotatable bonds is 4. The maximum absolute atomic E-state index is 11.1. The fourth-order valence-electron chi connectivity index (χ4n) is 2.01. The van der Waals surface area contributed by atoms with Crippen LogP contribution in [-0.2, 0) is 6.42 Å². The molecule has 18 heavy (non-hydrogen) atoms. The van der Waals surface area contributed by atoms with Crippen LogP contribution in [0, 0.1) is 10.1 Å². The van der Waals surface area contributed by atoms with Gasteiger partial charge in [0.05, 0.1) is 21.0 Å². The normalized spacial score (nSPS) is 10.8. The summed E-state index contributed by atoms with van der Waals surface area (Å²) in [6.45, 7) is 2.05. The third kappa shape index (κ3) is 2.29. The molecule has 0 aliphatic heterocycles. The summed E-state index contributed by atoms with van der Waals surface area (Å²) < 4.78 is 0. The fraction of sp³-hybridized carbons (Fsp3) is 0.308. The standard InChI is InChI=1S/C13H13ClN2O2/c1-2-3-5-10-12(16(17)18)8-11(14)9-6-4-7-15-13(9)10/h4,6-8H,2-3,5H2,1H3. The van der Waals surface area contributed by atoms with Gasteiger partial charge in [-0.1, -0.05) is 24.9 Å². The first-order valence-corrected chi connectivity index (χ1v) is 6.23. The van der Waals surface area contributed by atoms with Crippen LogP contribution in [0.2, 0.25) is 5.02 Å². The maximum atomic E-state index is 11.1. The number of aromatic nitrogens is 1. The average Bonchev–Trinajstić information content (AvgIpc) is 2.37. The number of nitrogens with zero attached hydrogens (tertiary/aromatic N) is 2. The molecule has 0 radical (unpaired) electrons. The number of nitro groups is 1. The minimum atomic E-state index is -0.384. The highest BCUT2D eigenvalue weighted by Crippen LogP contribution is 2.33. The summed E-state index contributed by atoms with van der Waals surface area (Å²) in [5.41, 5.74) is 1.40. The lowest BCUT2D eigenvalue weighted by atomic mass is 10.0. The van der Waals surface area contributed by atoms with E-state index in [1.54, 1.807) is 12.3 Å². The zero-order chi connectivity index (χ0) is 13.1. The lowest BCUT2D eigenvalue weighted by Crippen LogP contribution is -1.99. The van der Waals surface area contributed by atoms with E-state index in [0.29, 0.717) is 22.5 Å². The second-order valence-corrected chi connectivity index (χ2v) is 4.52. The number of nitro benzene ring substituents is 1. The number of pyridine rings is 1. The van der Waals surface area contributed by atoms with Gasteiger partial charge in [0, 0.05) is 17.6 Å². The minimum absolute atomic E-state index is 0.0691. The van der Waals surface area contributed by atoms with Crippen molar-refractivity contribution in [3.8, 4) is 0 Å². The number of hydrogen-bond donors (Lipinski definition) is 0. The summed E-state index contributed by atoms with van der Waals surface area (Å²) in [6.07, 6.45) is 4.16. The Bertz CT molecular complexity index is 599. The third-order valence-electron chi connectivity index (χ3n) is 2.90. The van der Waals surface area contributed by atoms with Crippen LogP contribution < -0.4 is 0 Å². The van der Waals surface area contributed by atoms with E-state index in [0.717, 1.165) is 18.2 Å². The topological polar surface area (TPSA) is 56.0 Å². The molecule has 0 bridgehead atoms. The Hall–Kier alpha value is -1.68. The van der Waals surface area contributed by atoms with E-state index in [2.05, 4.69) is 11.9 Å². The Labute approximate surface area is 110 Å². The number of aryl methyl sites for hydroxylation is 1. The van der Waals surface area contributed by atoms with Crippen LogP contribution in [0.1, 0.15) is 25.3 Å². The summed E-state index contributed by atoms with van der Waals surface area (Å²) in [5, 5.41) is 12.3. The van der Waals surface area contributed by atoms with Crippen molar-refractivity contribution >= 4 is 28.2 Å². The van der Waals surface area contributed by atoms with Crippen LogP contribution in [0.25, 0.3) is 10.9 Å². The van der Waals surface area contributed by atoms with Crippen LogP contribution in [0.4, 0.5) is 5.69 Å². The Morgan fingerprint density at radius 1 is 1.50 bits per heavy atom. The molecule has 94 valence electrons. The fourth-order valence-corrected chi connectivity index (χ4v) is 2.26. The number of benzene rings is 1. The third-order valence-corrected chi connectivity index (χ3v) is 3.21. The molecule has 2 aromatic rings. The largest absolute Gasteiger partial charge is 0.276 e. The van der Waals surface area contributed by atoms with Crippen LogP contribution in [0.3, 0.4) is 0 Å². The molecule has 0 amide bonds. The van der Waals surface area contributed by atoms with Crippen molar-refractivity contribution in [3.05, 3.63) is 45.1 Å². The molecule has 1 heterocycles. The van der Waals surface area contributed by atoms with Crippen molar-refractivity contribution < 1.29 is 4.92 Å². The van der Waals surface area contributed by atoms with E-state index in [-0.39, 0.29) is 10.6 Å². The first-order valence-electron chi connectivity index (χ1n) is 5.85. The van der Waals surface area contributed by atoms with Crippen molar-refractivity contribution in [3.63, 3.8) is 0 Å². The highest BCUT2D eigenvalue weighted by atomic mass is 35.5. The summed E-state index contributed by atoms with van der Waals surface area (Å²) >= 11 is 6.07. The van der Waals surface area contributed by atoms with Gasteiger partial charge in [0.1, 0.15) is 0 Å². The van der Waals surface area contributed by atoms with Crippen molar-refractivity contribution in [1.82, 2.24) is 4.98 Å². The first kappa shape index (κ1) is 12.8. The molecule has 0 unspecified atom stereocenters. The monoisotopic (exact) mass is 264 g/mol. The molecule has 2 rings (SSSR count). The van der Waals surface area contributed by atoms with Crippen LogP contribution in [0.15, 0.2) is 24.4 Å². The number of hydrogen-bond acceptors (Lipinski definition) is 3. The van der Waals surface area contributed by atoms with Gasteiger partial charge in [-0.25, -0.2) is 0 Å². The van der Waals surface area contributed by atoms with Crippen LogP contribution >= 0.6 is 11.6 Å². The van der Waals surface area contributed by atoms with Gasteiger partial charge in [0.25, 0.3) is 5.69 Å². The van der Waals surface area contributed by atoms with Gasteiger partial charge in [-0.3, -0.25) is 15.1 Å². The second-order valence-electron chi connectivity index (χ2n) is 4.12. The predicted molar refractivity (Wildman–Crippen MR) is 72.0 cm³/mol. The smallest absolute Gasteiger partial charge is 0.258 e. The van der Waals surface area contributed by atoms with Gasteiger partial charge < -0.3 is 0 Å². The van der Waals surface area contributed by atoms with Gasteiger partial charge in [-0.05, 0) is 25.0 Å². The van der Waals surface area contributed by atoms with Crippen LogP contribution in [-0.4, -0.2) is 9.91 Å². The Morgan fingerprint density at radius 3 is 2.94 bits per heavy atom. The predicted octanol–water partition coefficient (Wildman–Crippen LogP) is 4.14. The molecular weight excluding hydrogens is 252 g/mol. The molecular formula is C13H13ClN2O2. The minimum Gasteiger partial charge on any atom is -0.258 e. The number of unbranched alkanes of at least 4 members (excludes halogenated alkanes) is 1. The van der Waals surface area contributed by atoms with E-state index >= 15 is 0 Å². The molecule has 0 aliphatic rings. The summed E-state index contributed by atoms with van der Waals surface area (Å²) in [7, 11) is 0. The maximum Gasteiger partial charge on any atom is 0.276 e. The molecule has 0 saturated carbocycles. The van der Waals surface area contributed by atoms with E-state index in [1.165, 1.54) is 6.07 Å². The first-order chi connectivity index (χ1) is 8.65. The van der Waals surface area contributed by atoms with Crippen LogP contribution in [0.5, 0.6) is 0 Å². The van der Waals surface area contributed by atoms with Gasteiger partial charge in [0.2, 0.25) is 0 Å². The van der Waals surface area contributed by atoms with E-state index in [1.807, 2.05) is 6.07 Å². The van der Waals surface area contributed by atoms with E-state index in [9.17, 15) is 10.1 Å². The Morgan fingerprint density at radius 2 is 2.28 bits per heavy atom. The van der Waals surface area contributed by atoms with Gasteiger partial charge in [-0.15, -0.1) is 0 Å². The van der Waals surface area contributed by atoms with Gasteiger partial charge in [-0.2, -0.15) is 0 Å². The molecule has 4 nitrogen and oxygen atoms in total. The number of fused-ring (bicyclic) bond motifs is 1. The lowest BCUT2D eigenvalue weighted by Gasteiger charge is -2.07. The van der Waals surface area contributed by atoms with E-state index < -0.39 is 0 Å². The summed E-state index contributed by atoms with van der Waals surface area (Å²) in [5.74, 6) is 0. The van der Waals surface area contributed by atoms with Gasteiger partial charge in [0.15, 0.2) is 0 Å². The zero-order valence-corrected chi connectivity index (χ0v) is 10.8. The molecule has 0 N–H and O–H groups in total. The van der Waals surface area contributed by atoms with Crippen molar-refractivity contribution in [1.29, 1.82) is 0 Å². The SMILES string of the molecule is CCCCc1c([N+](=O)[O-])cc(Cl)c2cccnc12. The Kier molecular flexibility index (Phi) is 3.77. The zero-order valence-electron chi connectivity index (χ0n) is 10.0. The molecule has 5 heteroatoms. The number of halogens is 1. The molecule has 0 spiro atoms. The Balaban J connectivity index is 2.71. The highest BCUT2D eigenvalue weighted by molar-refractivity contribution is 6.35. The summed E-state index contributed by atoms with van der Waals surface area (Å²) in [6, 6.07) is 5.05.